The first-order chi connectivity index (χ1) is 13.2. The molecule has 1 atom stereocenters. The normalized spacial score (nSPS) is 16.4. The van der Waals surface area contributed by atoms with E-state index in [0.29, 0.717) is 0 Å². The molecule has 2 aromatic rings. The lowest BCUT2D eigenvalue weighted by Crippen LogP contribution is -2.33. The van der Waals surface area contributed by atoms with E-state index in [2.05, 4.69) is 38.3 Å². The van der Waals surface area contributed by atoms with Crippen molar-refractivity contribution in [2.75, 3.05) is 47.5 Å². The maximum atomic E-state index is 5.72. The molecule has 0 amide bonds. The van der Waals surface area contributed by atoms with E-state index in [9.17, 15) is 0 Å². The number of nitrogens with one attached hydrogen (secondary N) is 1. The summed E-state index contributed by atoms with van der Waals surface area (Å²) in [6.07, 6.45) is 1.10. The predicted molar refractivity (Wildman–Crippen MR) is 111 cm³/mol. The lowest BCUT2D eigenvalue weighted by Gasteiger charge is -2.33. The largest absolute Gasteiger partial charge is 0.497 e. The molecule has 1 aliphatic heterocycles. The van der Waals surface area contributed by atoms with Crippen molar-refractivity contribution in [3.63, 3.8) is 0 Å². The molecule has 0 saturated carbocycles. The molecular formula is C21H27BrN2O3. The Labute approximate surface area is 169 Å². The van der Waals surface area contributed by atoms with Gasteiger partial charge in [0.25, 0.3) is 0 Å². The molecule has 6 heteroatoms. The van der Waals surface area contributed by atoms with Crippen LogP contribution < -0.4 is 19.5 Å². The van der Waals surface area contributed by atoms with Gasteiger partial charge in [-0.05, 0) is 49.4 Å². The first-order valence-electron chi connectivity index (χ1n) is 9.18. The molecular weight excluding hydrogens is 408 g/mol. The summed E-state index contributed by atoms with van der Waals surface area (Å²) >= 11 is 3.63. The van der Waals surface area contributed by atoms with Gasteiger partial charge >= 0.3 is 0 Å². The third-order valence-electron chi connectivity index (χ3n) is 4.96. The lowest BCUT2D eigenvalue weighted by molar-refractivity contribution is 0.231. The highest BCUT2D eigenvalue weighted by Gasteiger charge is 2.29. The van der Waals surface area contributed by atoms with Crippen LogP contribution in [-0.2, 0) is 0 Å². The van der Waals surface area contributed by atoms with Crippen molar-refractivity contribution in [1.82, 2.24) is 10.2 Å². The summed E-state index contributed by atoms with van der Waals surface area (Å²) in [6.45, 7) is 3.93. The Morgan fingerprint density at radius 1 is 0.889 bits per heavy atom. The van der Waals surface area contributed by atoms with Gasteiger partial charge in [-0.3, -0.25) is 4.90 Å². The molecule has 1 unspecified atom stereocenters. The zero-order valence-corrected chi connectivity index (χ0v) is 17.7. The van der Waals surface area contributed by atoms with E-state index in [1.54, 1.807) is 21.3 Å². The van der Waals surface area contributed by atoms with Crippen molar-refractivity contribution in [3.8, 4) is 17.2 Å². The molecule has 0 aromatic heterocycles. The van der Waals surface area contributed by atoms with Crippen molar-refractivity contribution in [3.05, 3.63) is 52.0 Å². The minimum atomic E-state index is 0.00222. The highest BCUT2D eigenvalue weighted by atomic mass is 79.9. The van der Waals surface area contributed by atoms with Gasteiger partial charge in [-0.2, -0.15) is 0 Å². The fraction of sp³-hybridized carbons (Fsp3) is 0.429. The fourth-order valence-corrected chi connectivity index (χ4v) is 4.04. The Morgan fingerprint density at radius 3 is 2.30 bits per heavy atom. The number of nitrogens with zero attached hydrogens (tertiary/aromatic N) is 1. The smallest absolute Gasteiger partial charge is 0.124 e. The molecule has 3 rings (SSSR count). The number of ether oxygens (including phenoxy) is 3. The van der Waals surface area contributed by atoms with E-state index >= 15 is 0 Å². The van der Waals surface area contributed by atoms with Crippen LogP contribution in [0.5, 0.6) is 17.2 Å². The predicted octanol–water partition coefficient (Wildman–Crippen LogP) is 3.86. The first kappa shape index (κ1) is 20.0. The van der Waals surface area contributed by atoms with Gasteiger partial charge in [-0.25, -0.2) is 0 Å². The van der Waals surface area contributed by atoms with Gasteiger partial charge in [0.1, 0.15) is 17.2 Å². The second-order valence-corrected chi connectivity index (χ2v) is 7.45. The zero-order valence-electron chi connectivity index (χ0n) is 16.1. The van der Waals surface area contributed by atoms with Crippen molar-refractivity contribution in [1.29, 1.82) is 0 Å². The number of hydrogen-bond acceptors (Lipinski definition) is 5. The molecule has 146 valence electrons. The van der Waals surface area contributed by atoms with Crippen LogP contribution in [0.15, 0.2) is 40.9 Å². The van der Waals surface area contributed by atoms with Crippen molar-refractivity contribution >= 4 is 15.9 Å². The molecule has 0 bridgehead atoms. The minimum Gasteiger partial charge on any atom is -0.497 e. The zero-order chi connectivity index (χ0) is 19.2. The van der Waals surface area contributed by atoms with Crippen molar-refractivity contribution in [2.24, 2.45) is 0 Å². The Hall–Kier alpha value is -1.76. The molecule has 1 heterocycles. The van der Waals surface area contributed by atoms with Crippen LogP contribution in [0, 0.1) is 0 Å². The van der Waals surface area contributed by atoms with Gasteiger partial charge in [0.15, 0.2) is 0 Å². The highest BCUT2D eigenvalue weighted by Crippen LogP contribution is 2.41. The summed E-state index contributed by atoms with van der Waals surface area (Å²) in [5.41, 5.74) is 2.19. The van der Waals surface area contributed by atoms with Crippen LogP contribution in [0.2, 0.25) is 0 Å². The van der Waals surface area contributed by atoms with Crippen molar-refractivity contribution < 1.29 is 14.2 Å². The molecule has 1 fully saturated rings. The van der Waals surface area contributed by atoms with Gasteiger partial charge in [0.05, 0.1) is 27.4 Å². The van der Waals surface area contributed by atoms with Crippen LogP contribution in [0.3, 0.4) is 0 Å². The van der Waals surface area contributed by atoms with E-state index in [0.717, 1.165) is 65.4 Å². The Balaban J connectivity index is 2.18. The average Bonchev–Trinajstić information content (AvgIpc) is 2.98. The number of hydrogen-bond donors (Lipinski definition) is 1. The summed E-state index contributed by atoms with van der Waals surface area (Å²) in [4.78, 5) is 2.49. The van der Waals surface area contributed by atoms with Crippen LogP contribution in [0.1, 0.15) is 23.6 Å². The fourth-order valence-electron chi connectivity index (χ4n) is 3.66. The molecule has 0 aliphatic carbocycles. The Bertz CT molecular complexity index is 761. The minimum absolute atomic E-state index is 0.00222. The van der Waals surface area contributed by atoms with Crippen LogP contribution in [-0.4, -0.2) is 52.4 Å². The summed E-state index contributed by atoms with van der Waals surface area (Å²) in [5.74, 6) is 2.53. The van der Waals surface area contributed by atoms with Gasteiger partial charge in [-0.15, -0.1) is 0 Å². The molecule has 2 aromatic carbocycles. The van der Waals surface area contributed by atoms with E-state index < -0.39 is 0 Å². The molecule has 0 radical (unpaired) electrons. The maximum absolute atomic E-state index is 5.72. The van der Waals surface area contributed by atoms with E-state index in [4.69, 9.17) is 14.2 Å². The number of rotatable bonds is 6. The van der Waals surface area contributed by atoms with Gasteiger partial charge in [-0.1, -0.05) is 15.9 Å². The summed E-state index contributed by atoms with van der Waals surface area (Å²) in [6, 6.07) is 12.1. The monoisotopic (exact) mass is 434 g/mol. The summed E-state index contributed by atoms with van der Waals surface area (Å²) in [7, 11) is 5.12. The Kier molecular flexibility index (Phi) is 6.99. The molecule has 27 heavy (non-hydrogen) atoms. The van der Waals surface area contributed by atoms with Gasteiger partial charge in [0, 0.05) is 35.2 Å². The van der Waals surface area contributed by atoms with Crippen LogP contribution in [0.4, 0.5) is 0 Å². The number of halogens is 1. The summed E-state index contributed by atoms with van der Waals surface area (Å²) in [5, 5.41) is 3.49. The lowest BCUT2D eigenvalue weighted by atomic mass is 9.94. The standard InChI is InChI=1S/C21H27BrN2O3/c1-25-16-6-8-20(27-3)18(14-16)21(24-11-4-9-23-10-12-24)17-13-15(22)5-7-19(17)26-2/h5-8,13-14,21,23H,4,9-12H2,1-3H3. The SMILES string of the molecule is COc1ccc(OC)c(C(c2cc(Br)ccc2OC)N2CCCNCC2)c1. The molecule has 5 nitrogen and oxygen atoms in total. The number of benzene rings is 2. The third-order valence-corrected chi connectivity index (χ3v) is 5.45. The highest BCUT2D eigenvalue weighted by molar-refractivity contribution is 9.10. The Morgan fingerprint density at radius 2 is 1.59 bits per heavy atom. The topological polar surface area (TPSA) is 43.0 Å². The second kappa shape index (κ2) is 9.44. The second-order valence-electron chi connectivity index (χ2n) is 6.54. The molecule has 1 N–H and O–H groups in total. The third kappa shape index (κ3) is 4.57. The molecule has 1 aliphatic rings. The van der Waals surface area contributed by atoms with Crippen LogP contribution >= 0.6 is 15.9 Å². The molecule has 1 saturated heterocycles. The van der Waals surface area contributed by atoms with Crippen molar-refractivity contribution in [2.45, 2.75) is 12.5 Å². The first-order valence-corrected chi connectivity index (χ1v) is 9.97. The summed E-state index contributed by atoms with van der Waals surface area (Å²) < 4.78 is 18.0. The number of methoxy groups -OCH3 is 3. The van der Waals surface area contributed by atoms with Gasteiger partial charge < -0.3 is 19.5 Å². The van der Waals surface area contributed by atoms with E-state index in [1.807, 2.05) is 24.3 Å². The maximum Gasteiger partial charge on any atom is 0.124 e. The van der Waals surface area contributed by atoms with E-state index in [1.165, 1.54) is 0 Å². The van der Waals surface area contributed by atoms with Crippen LogP contribution in [0.25, 0.3) is 0 Å². The average molecular weight is 435 g/mol. The quantitative estimate of drug-likeness (QED) is 0.747. The molecule has 0 spiro atoms. The van der Waals surface area contributed by atoms with E-state index in [-0.39, 0.29) is 6.04 Å². The van der Waals surface area contributed by atoms with Gasteiger partial charge in [0.2, 0.25) is 0 Å².